The van der Waals surface area contributed by atoms with E-state index in [4.69, 9.17) is 21.8 Å². The maximum Gasteiger partial charge on any atom is 0.159 e. The first kappa shape index (κ1) is 20.3. The van der Waals surface area contributed by atoms with Gasteiger partial charge in [-0.2, -0.15) is 5.26 Å². The average Bonchev–Trinajstić information content (AvgIpc) is 2.85. The molecule has 2 aromatic heterocycles. The second-order valence-electron chi connectivity index (χ2n) is 7.88. The van der Waals surface area contributed by atoms with Gasteiger partial charge in [0.05, 0.1) is 23.0 Å². The lowest BCUT2D eigenvalue weighted by atomic mass is 10.1. The monoisotopic (exact) mass is 437 g/mol. The van der Waals surface area contributed by atoms with Crippen molar-refractivity contribution in [2.45, 2.75) is 19.5 Å². The van der Waals surface area contributed by atoms with Gasteiger partial charge >= 0.3 is 0 Å². The Morgan fingerprint density at radius 1 is 0.969 bits per heavy atom. The Morgan fingerprint density at radius 3 is 2.62 bits per heavy atom. The Bertz CT molecular complexity index is 1290. The van der Waals surface area contributed by atoms with E-state index in [0.717, 1.165) is 60.0 Å². The van der Waals surface area contributed by atoms with Crippen molar-refractivity contribution in [3.05, 3.63) is 100 Å². The van der Waals surface area contributed by atoms with Gasteiger partial charge in [0.2, 0.25) is 0 Å². The molecule has 0 bridgehead atoms. The fourth-order valence-electron chi connectivity index (χ4n) is 3.94. The van der Waals surface area contributed by atoms with Crippen molar-refractivity contribution in [3.8, 4) is 28.7 Å². The fourth-order valence-corrected chi connectivity index (χ4v) is 4.07. The molecule has 3 heterocycles. The predicted octanol–water partition coefficient (Wildman–Crippen LogP) is 5.29. The highest BCUT2D eigenvalue weighted by Gasteiger charge is 2.19. The van der Waals surface area contributed by atoms with Crippen molar-refractivity contribution in [2.24, 2.45) is 0 Å². The first-order valence-corrected chi connectivity index (χ1v) is 10.8. The molecule has 32 heavy (non-hydrogen) atoms. The number of rotatable bonds is 4. The van der Waals surface area contributed by atoms with Crippen LogP contribution in [0.3, 0.4) is 0 Å². The lowest BCUT2D eigenvalue weighted by molar-refractivity contribution is 0.242. The summed E-state index contributed by atoms with van der Waals surface area (Å²) >= 11 is 5.99. The zero-order valence-electron chi connectivity index (χ0n) is 17.4. The van der Waals surface area contributed by atoms with E-state index in [-0.39, 0.29) is 0 Å². The van der Waals surface area contributed by atoms with Crippen LogP contribution in [0.5, 0.6) is 0 Å². The molecule has 0 saturated carbocycles. The minimum Gasteiger partial charge on any atom is -0.294 e. The largest absolute Gasteiger partial charge is 0.294 e. The Hall–Kier alpha value is -3.59. The van der Waals surface area contributed by atoms with Gasteiger partial charge in [0.15, 0.2) is 5.82 Å². The smallest absolute Gasteiger partial charge is 0.159 e. The van der Waals surface area contributed by atoms with Gasteiger partial charge in [-0.15, -0.1) is 0 Å². The molecular weight excluding hydrogens is 418 g/mol. The molecule has 0 spiro atoms. The molecule has 4 aromatic rings. The molecule has 156 valence electrons. The van der Waals surface area contributed by atoms with E-state index in [1.54, 1.807) is 6.07 Å². The van der Waals surface area contributed by atoms with Crippen LogP contribution in [0.15, 0.2) is 73.1 Å². The van der Waals surface area contributed by atoms with E-state index in [0.29, 0.717) is 10.6 Å². The molecule has 0 aliphatic carbocycles. The van der Waals surface area contributed by atoms with Gasteiger partial charge in [-0.05, 0) is 48.0 Å². The highest BCUT2D eigenvalue weighted by Crippen LogP contribution is 2.24. The molecule has 0 saturated heterocycles. The summed E-state index contributed by atoms with van der Waals surface area (Å²) in [6, 6.07) is 21.5. The van der Waals surface area contributed by atoms with Crippen LogP contribution in [0.2, 0.25) is 5.02 Å². The van der Waals surface area contributed by atoms with Gasteiger partial charge in [-0.1, -0.05) is 29.8 Å². The van der Waals surface area contributed by atoms with Gasteiger partial charge in [0.1, 0.15) is 0 Å². The van der Waals surface area contributed by atoms with Crippen molar-refractivity contribution >= 4 is 11.6 Å². The fraction of sp³-hybridized carbons (Fsp3) is 0.154. The minimum absolute atomic E-state index is 0.641. The van der Waals surface area contributed by atoms with E-state index in [1.807, 2.05) is 60.9 Å². The summed E-state index contributed by atoms with van der Waals surface area (Å²) in [5.41, 5.74) is 6.90. The number of fused-ring (bicyclic) bond motifs is 1. The van der Waals surface area contributed by atoms with E-state index >= 15 is 0 Å². The van der Waals surface area contributed by atoms with Crippen LogP contribution in [-0.2, 0) is 19.5 Å². The van der Waals surface area contributed by atoms with Gasteiger partial charge < -0.3 is 0 Å². The van der Waals surface area contributed by atoms with E-state index < -0.39 is 0 Å². The van der Waals surface area contributed by atoms with Crippen molar-refractivity contribution in [1.29, 1.82) is 5.26 Å². The average molecular weight is 438 g/mol. The third-order valence-corrected chi connectivity index (χ3v) is 5.89. The van der Waals surface area contributed by atoms with Crippen LogP contribution in [-0.4, -0.2) is 26.4 Å². The molecule has 0 atom stereocenters. The summed E-state index contributed by atoms with van der Waals surface area (Å²) in [5, 5.41) is 9.81. The maximum atomic E-state index is 9.10. The SMILES string of the molecule is N#Cc1cccc(-c2ccc(CN3CCc4nc(-c5ccc(Cl)cc5)ncc4C3)cn2)c1. The molecule has 0 unspecified atom stereocenters. The number of hydrogen-bond donors (Lipinski definition) is 0. The highest BCUT2D eigenvalue weighted by atomic mass is 35.5. The van der Waals surface area contributed by atoms with Gasteiger partial charge in [0.25, 0.3) is 0 Å². The molecule has 0 amide bonds. The highest BCUT2D eigenvalue weighted by molar-refractivity contribution is 6.30. The van der Waals surface area contributed by atoms with Gasteiger partial charge in [-0.3, -0.25) is 9.88 Å². The molecule has 5 rings (SSSR count). The number of nitrogens with zero attached hydrogens (tertiary/aromatic N) is 5. The molecule has 0 N–H and O–H groups in total. The van der Waals surface area contributed by atoms with Gasteiger partial charge in [0, 0.05) is 60.2 Å². The van der Waals surface area contributed by atoms with Crippen molar-refractivity contribution < 1.29 is 0 Å². The molecular formula is C26H20ClN5. The quantitative estimate of drug-likeness (QED) is 0.434. The Balaban J connectivity index is 1.27. The summed E-state index contributed by atoms with van der Waals surface area (Å²) in [5.74, 6) is 0.745. The van der Waals surface area contributed by atoms with Crippen LogP contribution in [0.25, 0.3) is 22.6 Å². The molecule has 0 fully saturated rings. The molecule has 2 aromatic carbocycles. The zero-order valence-corrected chi connectivity index (χ0v) is 18.1. The van der Waals surface area contributed by atoms with Crippen LogP contribution in [0.4, 0.5) is 0 Å². The molecule has 6 heteroatoms. The lowest BCUT2D eigenvalue weighted by Crippen LogP contribution is -2.31. The van der Waals surface area contributed by atoms with Crippen molar-refractivity contribution in [1.82, 2.24) is 19.9 Å². The molecule has 0 radical (unpaired) electrons. The number of hydrogen-bond acceptors (Lipinski definition) is 5. The topological polar surface area (TPSA) is 65.7 Å². The van der Waals surface area contributed by atoms with Crippen LogP contribution in [0.1, 0.15) is 22.4 Å². The Kier molecular flexibility index (Phi) is 5.64. The molecule has 5 nitrogen and oxygen atoms in total. The number of benzene rings is 2. The summed E-state index contributed by atoms with van der Waals surface area (Å²) in [6.07, 6.45) is 4.76. The van der Waals surface area contributed by atoms with Crippen LogP contribution < -0.4 is 0 Å². The molecule has 1 aliphatic rings. The summed E-state index contributed by atoms with van der Waals surface area (Å²) in [6.45, 7) is 2.59. The zero-order chi connectivity index (χ0) is 21.9. The number of pyridine rings is 1. The third-order valence-electron chi connectivity index (χ3n) is 5.63. The van der Waals surface area contributed by atoms with Crippen LogP contribution >= 0.6 is 11.6 Å². The maximum absolute atomic E-state index is 9.10. The second kappa shape index (κ2) is 8.88. The van der Waals surface area contributed by atoms with Crippen molar-refractivity contribution in [2.75, 3.05) is 6.54 Å². The minimum atomic E-state index is 0.641. The standard InChI is InChI=1S/C26H20ClN5/c27-23-7-5-20(6-8-23)26-30-15-22-17-32(11-10-25(22)31-26)16-19-4-9-24(29-14-19)21-3-1-2-18(12-21)13-28/h1-9,12,14-15H,10-11,16-17H2. The Labute approximate surface area is 192 Å². The molecule has 1 aliphatic heterocycles. The normalized spacial score (nSPS) is 13.4. The number of aromatic nitrogens is 3. The summed E-state index contributed by atoms with van der Waals surface area (Å²) < 4.78 is 0. The Morgan fingerprint density at radius 2 is 1.84 bits per heavy atom. The third kappa shape index (κ3) is 4.38. The second-order valence-corrected chi connectivity index (χ2v) is 8.31. The first-order valence-electron chi connectivity index (χ1n) is 10.5. The van der Waals surface area contributed by atoms with E-state index in [1.165, 1.54) is 5.56 Å². The van der Waals surface area contributed by atoms with Gasteiger partial charge in [-0.25, -0.2) is 9.97 Å². The first-order chi connectivity index (χ1) is 15.7. The number of halogens is 1. The van der Waals surface area contributed by atoms with Crippen LogP contribution in [0, 0.1) is 11.3 Å². The van der Waals surface area contributed by atoms with E-state index in [9.17, 15) is 0 Å². The summed E-state index contributed by atoms with van der Waals surface area (Å²) in [7, 11) is 0. The van der Waals surface area contributed by atoms with Crippen molar-refractivity contribution in [3.63, 3.8) is 0 Å². The summed E-state index contributed by atoms with van der Waals surface area (Å²) in [4.78, 5) is 16.4. The van der Waals surface area contributed by atoms with E-state index in [2.05, 4.69) is 27.0 Å². The lowest BCUT2D eigenvalue weighted by Gasteiger charge is -2.28. The predicted molar refractivity (Wildman–Crippen MR) is 125 cm³/mol. The number of nitriles is 1.